The van der Waals surface area contributed by atoms with Crippen LogP contribution in [0.5, 0.6) is 0 Å². The molecule has 148 valence electrons. The van der Waals surface area contributed by atoms with Crippen LogP contribution in [0, 0.1) is 0 Å². The van der Waals surface area contributed by atoms with E-state index in [0.29, 0.717) is 24.5 Å². The Morgan fingerprint density at radius 2 is 1.69 bits per heavy atom. The first kappa shape index (κ1) is 20.0. The molecule has 7 heteroatoms. The van der Waals surface area contributed by atoms with Gasteiger partial charge in [-0.2, -0.15) is 0 Å². The first-order valence-electron chi connectivity index (χ1n) is 9.23. The number of carbonyl (C=O) groups excluding carboxylic acids is 2. The fraction of sp³-hybridized carbons (Fsp3) is 0.182. The lowest BCUT2D eigenvalue weighted by Crippen LogP contribution is -2.31. The molecule has 0 unspecified atom stereocenters. The topological polar surface area (TPSA) is 84.4 Å². The molecule has 29 heavy (non-hydrogen) atoms. The molecule has 0 atom stereocenters. The maximum atomic E-state index is 12.7. The molecule has 1 amide bonds. The summed E-state index contributed by atoms with van der Waals surface area (Å²) in [6.45, 7) is 3.02. The van der Waals surface area contributed by atoms with Crippen molar-refractivity contribution in [3.8, 4) is 0 Å². The van der Waals surface area contributed by atoms with Crippen LogP contribution < -0.4 is 5.32 Å². The van der Waals surface area contributed by atoms with Crippen molar-refractivity contribution in [2.45, 2.75) is 13.5 Å². The number of rotatable bonds is 7. The Morgan fingerprint density at radius 3 is 2.28 bits per heavy atom. The number of anilines is 2. The van der Waals surface area contributed by atoms with Gasteiger partial charge >= 0.3 is 5.97 Å². The number of amides is 1. The average molecular weight is 390 g/mol. The summed E-state index contributed by atoms with van der Waals surface area (Å²) in [6, 6.07) is 20.0. The summed E-state index contributed by atoms with van der Waals surface area (Å²) in [5.41, 5.74) is 2.55. The van der Waals surface area contributed by atoms with Crippen LogP contribution in [-0.4, -0.2) is 40.6 Å². The van der Waals surface area contributed by atoms with Gasteiger partial charge < -0.3 is 15.0 Å². The van der Waals surface area contributed by atoms with Gasteiger partial charge in [0.2, 0.25) is 0 Å². The van der Waals surface area contributed by atoms with Gasteiger partial charge in [0.25, 0.3) is 5.91 Å². The molecule has 0 radical (unpaired) electrons. The van der Waals surface area contributed by atoms with E-state index in [1.807, 2.05) is 37.3 Å². The number of carbonyl (C=O) groups is 2. The van der Waals surface area contributed by atoms with Gasteiger partial charge in [-0.1, -0.05) is 30.3 Å². The van der Waals surface area contributed by atoms with E-state index in [9.17, 15) is 9.59 Å². The predicted molar refractivity (Wildman–Crippen MR) is 110 cm³/mol. The van der Waals surface area contributed by atoms with E-state index in [4.69, 9.17) is 0 Å². The Labute approximate surface area is 169 Å². The Hall–Kier alpha value is -3.74. The van der Waals surface area contributed by atoms with Crippen LogP contribution in [0.15, 0.2) is 66.7 Å². The van der Waals surface area contributed by atoms with Crippen molar-refractivity contribution in [1.29, 1.82) is 0 Å². The minimum atomic E-state index is -0.393. The number of nitrogens with zero attached hydrogens (tertiary/aromatic N) is 3. The molecule has 1 heterocycles. The Bertz CT molecular complexity index is 958. The zero-order valence-corrected chi connectivity index (χ0v) is 16.3. The highest BCUT2D eigenvalue weighted by Gasteiger charge is 2.16. The molecule has 0 aliphatic carbocycles. The highest BCUT2D eigenvalue weighted by molar-refractivity contribution is 5.92. The maximum Gasteiger partial charge on any atom is 0.337 e. The molecule has 0 aliphatic rings. The lowest BCUT2D eigenvalue weighted by molar-refractivity contribution is 0.0600. The van der Waals surface area contributed by atoms with Crippen LogP contribution in [0.25, 0.3) is 0 Å². The molecular formula is C22H22N4O3. The van der Waals surface area contributed by atoms with E-state index >= 15 is 0 Å². The number of hydrogen-bond acceptors (Lipinski definition) is 6. The van der Waals surface area contributed by atoms with Crippen molar-refractivity contribution in [3.05, 3.63) is 83.6 Å². The number of ether oxygens (including phenoxy) is 1. The fourth-order valence-electron chi connectivity index (χ4n) is 2.76. The van der Waals surface area contributed by atoms with Crippen LogP contribution in [0.1, 0.15) is 33.3 Å². The number of aromatic nitrogens is 2. The molecule has 0 saturated heterocycles. The Morgan fingerprint density at radius 1 is 0.966 bits per heavy atom. The lowest BCUT2D eigenvalue weighted by atomic mass is 10.2. The van der Waals surface area contributed by atoms with Gasteiger partial charge in [0.1, 0.15) is 0 Å². The van der Waals surface area contributed by atoms with E-state index in [1.54, 1.807) is 41.3 Å². The smallest absolute Gasteiger partial charge is 0.337 e. The van der Waals surface area contributed by atoms with Gasteiger partial charge in [-0.15, -0.1) is 10.2 Å². The monoisotopic (exact) mass is 390 g/mol. The van der Waals surface area contributed by atoms with E-state index in [1.165, 1.54) is 7.11 Å². The summed E-state index contributed by atoms with van der Waals surface area (Å²) in [7, 11) is 1.34. The molecule has 2 aromatic carbocycles. The summed E-state index contributed by atoms with van der Waals surface area (Å²) in [5, 5.41) is 11.2. The molecule has 0 saturated carbocycles. The van der Waals surface area contributed by atoms with Gasteiger partial charge in [-0.05, 0) is 48.9 Å². The fourth-order valence-corrected chi connectivity index (χ4v) is 2.76. The van der Waals surface area contributed by atoms with Crippen molar-refractivity contribution in [3.63, 3.8) is 0 Å². The zero-order valence-electron chi connectivity index (χ0n) is 16.3. The minimum Gasteiger partial charge on any atom is -0.465 e. The molecule has 7 nitrogen and oxygen atoms in total. The second-order valence-electron chi connectivity index (χ2n) is 6.30. The largest absolute Gasteiger partial charge is 0.465 e. The third-order valence-electron chi connectivity index (χ3n) is 4.35. The average Bonchev–Trinajstić information content (AvgIpc) is 2.78. The van der Waals surface area contributed by atoms with Crippen LogP contribution in [0.2, 0.25) is 0 Å². The van der Waals surface area contributed by atoms with E-state index < -0.39 is 5.97 Å². The molecule has 1 N–H and O–H groups in total. The minimum absolute atomic E-state index is 0.169. The molecular weight excluding hydrogens is 368 g/mol. The van der Waals surface area contributed by atoms with Crippen LogP contribution in [-0.2, 0) is 11.3 Å². The summed E-state index contributed by atoms with van der Waals surface area (Å²) < 4.78 is 4.68. The predicted octanol–water partition coefficient (Wildman–Crippen LogP) is 3.67. The number of hydrogen-bond donors (Lipinski definition) is 1. The Kier molecular flexibility index (Phi) is 6.52. The quantitative estimate of drug-likeness (QED) is 0.620. The van der Waals surface area contributed by atoms with Gasteiger partial charge in [0.15, 0.2) is 11.5 Å². The second kappa shape index (κ2) is 9.45. The second-order valence-corrected chi connectivity index (χ2v) is 6.30. The van der Waals surface area contributed by atoms with Crippen LogP contribution in [0.4, 0.5) is 11.5 Å². The van der Waals surface area contributed by atoms with Crippen molar-refractivity contribution in [2.24, 2.45) is 0 Å². The molecule has 0 bridgehead atoms. The van der Waals surface area contributed by atoms with E-state index in [0.717, 1.165) is 11.3 Å². The number of nitrogens with one attached hydrogen (secondary N) is 1. The third-order valence-corrected chi connectivity index (χ3v) is 4.35. The van der Waals surface area contributed by atoms with Crippen molar-refractivity contribution in [1.82, 2.24) is 15.1 Å². The summed E-state index contributed by atoms with van der Waals surface area (Å²) >= 11 is 0. The highest BCUT2D eigenvalue weighted by Crippen LogP contribution is 2.16. The number of benzene rings is 2. The maximum absolute atomic E-state index is 12.7. The molecule has 1 aromatic heterocycles. The molecule has 0 spiro atoms. The Balaban J connectivity index is 1.65. The SMILES string of the molecule is CCN(Cc1ccccc1)C(=O)c1ccc(Nc2ccc(C(=O)OC)cc2)nn1. The molecule has 0 fully saturated rings. The first-order valence-corrected chi connectivity index (χ1v) is 9.23. The number of methoxy groups -OCH3 is 1. The summed E-state index contributed by atoms with van der Waals surface area (Å²) in [6.07, 6.45) is 0. The van der Waals surface area contributed by atoms with Crippen molar-refractivity contribution in [2.75, 3.05) is 19.0 Å². The van der Waals surface area contributed by atoms with Gasteiger partial charge in [-0.3, -0.25) is 4.79 Å². The third kappa shape index (κ3) is 5.16. The van der Waals surface area contributed by atoms with Gasteiger partial charge in [0.05, 0.1) is 12.7 Å². The number of esters is 1. The lowest BCUT2D eigenvalue weighted by Gasteiger charge is -2.20. The van der Waals surface area contributed by atoms with Gasteiger partial charge in [0, 0.05) is 18.8 Å². The molecule has 3 aromatic rings. The molecule has 0 aliphatic heterocycles. The summed E-state index contributed by atoms with van der Waals surface area (Å²) in [5.74, 6) is -0.0634. The van der Waals surface area contributed by atoms with Crippen LogP contribution >= 0.6 is 0 Å². The van der Waals surface area contributed by atoms with Crippen LogP contribution in [0.3, 0.4) is 0 Å². The van der Waals surface area contributed by atoms with Crippen molar-refractivity contribution < 1.29 is 14.3 Å². The molecule has 3 rings (SSSR count). The first-order chi connectivity index (χ1) is 14.1. The van der Waals surface area contributed by atoms with Crippen molar-refractivity contribution >= 4 is 23.4 Å². The van der Waals surface area contributed by atoms with E-state index in [-0.39, 0.29) is 11.6 Å². The standard InChI is InChI=1S/C22H22N4O3/c1-3-26(15-16-7-5-4-6-8-16)21(27)19-13-14-20(25-24-19)23-18-11-9-17(10-12-18)22(28)29-2/h4-14H,3,15H2,1-2H3,(H,23,25). The summed E-state index contributed by atoms with van der Waals surface area (Å²) in [4.78, 5) is 25.9. The normalized spacial score (nSPS) is 10.3. The highest BCUT2D eigenvalue weighted by atomic mass is 16.5. The van der Waals surface area contributed by atoms with E-state index in [2.05, 4.69) is 20.3 Å². The zero-order chi connectivity index (χ0) is 20.6. The van der Waals surface area contributed by atoms with Gasteiger partial charge in [-0.25, -0.2) is 4.79 Å².